The van der Waals surface area contributed by atoms with E-state index < -0.39 is 0 Å². The number of amides is 1. The molecule has 0 saturated carbocycles. The molecule has 1 heterocycles. The van der Waals surface area contributed by atoms with Gasteiger partial charge in [0.1, 0.15) is 0 Å². The fraction of sp³-hybridized carbons (Fsp3) is 0.214. The zero-order valence-electron chi connectivity index (χ0n) is 11.5. The van der Waals surface area contributed by atoms with Gasteiger partial charge in [-0.05, 0) is 38.1 Å². The number of halogens is 2. The maximum absolute atomic E-state index is 11.9. The number of aromatic nitrogens is 2. The van der Waals surface area contributed by atoms with Gasteiger partial charge in [-0.2, -0.15) is 0 Å². The lowest BCUT2D eigenvalue weighted by Gasteiger charge is -2.06. The number of benzene rings is 1. The zero-order valence-corrected chi connectivity index (χ0v) is 13.8. The fourth-order valence-corrected chi connectivity index (χ4v) is 2.99. The predicted molar refractivity (Wildman–Crippen MR) is 87.3 cm³/mol. The normalized spacial score (nSPS) is 10.5. The van der Waals surface area contributed by atoms with E-state index in [-0.39, 0.29) is 11.7 Å². The molecule has 0 aliphatic rings. The molecule has 0 atom stereocenters. The number of carbonyl (C=O) groups is 1. The van der Waals surface area contributed by atoms with Crippen LogP contribution >= 0.6 is 35.0 Å². The van der Waals surface area contributed by atoms with E-state index in [0.717, 1.165) is 11.4 Å². The number of aryl methyl sites for hydroxylation is 2. The summed E-state index contributed by atoms with van der Waals surface area (Å²) in [7, 11) is 0. The maximum atomic E-state index is 11.9. The maximum Gasteiger partial charge on any atom is 0.234 e. The van der Waals surface area contributed by atoms with Crippen LogP contribution in [0.3, 0.4) is 0 Å². The molecule has 0 unspecified atom stereocenters. The van der Waals surface area contributed by atoms with E-state index in [1.54, 1.807) is 18.2 Å². The number of hydrogen-bond acceptors (Lipinski definition) is 4. The smallest absolute Gasteiger partial charge is 0.234 e. The molecule has 0 aliphatic heterocycles. The third-order valence-corrected chi connectivity index (χ3v) is 3.72. The lowest BCUT2D eigenvalue weighted by atomic mass is 10.3. The molecular weight excluding hydrogens is 329 g/mol. The van der Waals surface area contributed by atoms with Crippen molar-refractivity contribution in [2.45, 2.75) is 19.0 Å². The van der Waals surface area contributed by atoms with Gasteiger partial charge in [0.25, 0.3) is 0 Å². The largest absolute Gasteiger partial charge is 0.325 e. The first-order chi connectivity index (χ1) is 9.92. The highest BCUT2D eigenvalue weighted by Gasteiger charge is 2.07. The first-order valence-corrected chi connectivity index (χ1v) is 7.87. The van der Waals surface area contributed by atoms with E-state index in [4.69, 9.17) is 23.2 Å². The molecule has 2 rings (SSSR count). The van der Waals surface area contributed by atoms with Crippen LogP contribution in [0.25, 0.3) is 0 Å². The molecule has 0 saturated heterocycles. The lowest BCUT2D eigenvalue weighted by molar-refractivity contribution is -0.113. The highest BCUT2D eigenvalue weighted by molar-refractivity contribution is 7.99. The summed E-state index contributed by atoms with van der Waals surface area (Å²) in [4.78, 5) is 20.4. The highest BCUT2D eigenvalue weighted by Crippen LogP contribution is 2.23. The molecule has 1 amide bonds. The van der Waals surface area contributed by atoms with Crippen molar-refractivity contribution in [1.82, 2.24) is 9.97 Å². The van der Waals surface area contributed by atoms with Gasteiger partial charge in [-0.1, -0.05) is 35.0 Å². The molecule has 7 heteroatoms. The van der Waals surface area contributed by atoms with E-state index in [9.17, 15) is 4.79 Å². The molecule has 1 N–H and O–H groups in total. The second-order valence-electron chi connectivity index (χ2n) is 4.43. The van der Waals surface area contributed by atoms with Gasteiger partial charge in [-0.15, -0.1) is 0 Å². The Kier molecular flexibility index (Phi) is 5.45. The molecular formula is C14H13Cl2N3OS. The van der Waals surface area contributed by atoms with Gasteiger partial charge in [-0.3, -0.25) is 4.79 Å². The molecule has 1 aromatic carbocycles. The van der Waals surface area contributed by atoms with E-state index in [1.165, 1.54) is 11.8 Å². The number of anilines is 1. The predicted octanol–water partition coefficient (Wildman–Crippen LogP) is 4.13. The van der Waals surface area contributed by atoms with Gasteiger partial charge >= 0.3 is 0 Å². The minimum atomic E-state index is -0.166. The molecule has 110 valence electrons. The van der Waals surface area contributed by atoms with Crippen molar-refractivity contribution >= 4 is 46.6 Å². The lowest BCUT2D eigenvalue weighted by Crippen LogP contribution is -2.14. The van der Waals surface area contributed by atoms with Crippen LogP contribution in [0.2, 0.25) is 10.0 Å². The number of carbonyl (C=O) groups excluding carboxylic acids is 1. The van der Waals surface area contributed by atoms with Crippen LogP contribution in [0, 0.1) is 13.8 Å². The topological polar surface area (TPSA) is 54.9 Å². The van der Waals surface area contributed by atoms with Crippen molar-refractivity contribution in [3.8, 4) is 0 Å². The third-order valence-electron chi connectivity index (χ3n) is 2.44. The molecule has 0 radical (unpaired) electrons. The van der Waals surface area contributed by atoms with E-state index in [1.807, 2.05) is 19.9 Å². The first-order valence-electron chi connectivity index (χ1n) is 6.13. The average molecular weight is 342 g/mol. The van der Waals surface area contributed by atoms with Crippen LogP contribution in [0.4, 0.5) is 5.69 Å². The minimum Gasteiger partial charge on any atom is -0.325 e. The Morgan fingerprint density at radius 3 is 2.24 bits per heavy atom. The Bertz CT molecular complexity index is 639. The van der Waals surface area contributed by atoms with Crippen LogP contribution < -0.4 is 5.32 Å². The molecule has 21 heavy (non-hydrogen) atoms. The van der Waals surface area contributed by atoms with Crippen molar-refractivity contribution in [3.63, 3.8) is 0 Å². The van der Waals surface area contributed by atoms with Crippen molar-refractivity contribution in [1.29, 1.82) is 0 Å². The molecule has 4 nitrogen and oxygen atoms in total. The molecule has 0 aliphatic carbocycles. The van der Waals surface area contributed by atoms with Gasteiger partial charge in [0.15, 0.2) is 5.16 Å². The molecule has 0 bridgehead atoms. The summed E-state index contributed by atoms with van der Waals surface area (Å²) >= 11 is 13.0. The standard InChI is InChI=1S/C14H13Cl2N3OS/c1-8-3-9(2)18-14(17-8)21-7-13(20)19-12-5-10(15)4-11(16)6-12/h3-6H,7H2,1-2H3,(H,19,20). The Morgan fingerprint density at radius 1 is 1.10 bits per heavy atom. The van der Waals surface area contributed by atoms with Gasteiger partial charge in [-0.25, -0.2) is 9.97 Å². The van der Waals surface area contributed by atoms with E-state index in [0.29, 0.717) is 20.9 Å². The van der Waals surface area contributed by atoms with Crippen LogP contribution in [0.15, 0.2) is 29.4 Å². The second-order valence-corrected chi connectivity index (χ2v) is 6.24. The number of nitrogens with zero attached hydrogens (tertiary/aromatic N) is 2. The third kappa shape index (κ3) is 5.19. The summed E-state index contributed by atoms with van der Waals surface area (Å²) in [5, 5.41) is 4.28. The van der Waals surface area contributed by atoms with E-state index in [2.05, 4.69) is 15.3 Å². The summed E-state index contributed by atoms with van der Waals surface area (Å²) in [6.45, 7) is 3.79. The zero-order chi connectivity index (χ0) is 15.4. The number of hydrogen-bond donors (Lipinski definition) is 1. The Morgan fingerprint density at radius 2 is 1.67 bits per heavy atom. The molecule has 0 fully saturated rings. The van der Waals surface area contributed by atoms with Gasteiger partial charge in [0.05, 0.1) is 5.75 Å². The quantitative estimate of drug-likeness (QED) is 0.670. The van der Waals surface area contributed by atoms with Gasteiger partial charge in [0, 0.05) is 27.1 Å². The van der Waals surface area contributed by atoms with Crippen LogP contribution in [-0.4, -0.2) is 21.6 Å². The van der Waals surface area contributed by atoms with Crippen LogP contribution in [-0.2, 0) is 4.79 Å². The van der Waals surface area contributed by atoms with Crippen LogP contribution in [0.1, 0.15) is 11.4 Å². The first kappa shape index (κ1) is 16.1. The van der Waals surface area contributed by atoms with Gasteiger partial charge in [0.2, 0.25) is 5.91 Å². The number of rotatable bonds is 4. The summed E-state index contributed by atoms with van der Waals surface area (Å²) in [5.41, 5.74) is 2.33. The molecule has 1 aromatic heterocycles. The second kappa shape index (κ2) is 7.11. The summed E-state index contributed by atoms with van der Waals surface area (Å²) in [6, 6.07) is 6.78. The van der Waals surface area contributed by atoms with Crippen LogP contribution in [0.5, 0.6) is 0 Å². The van der Waals surface area contributed by atoms with Crippen molar-refractivity contribution < 1.29 is 4.79 Å². The molecule has 0 spiro atoms. The Labute approximate surface area is 137 Å². The monoisotopic (exact) mass is 341 g/mol. The molecule has 2 aromatic rings. The van der Waals surface area contributed by atoms with E-state index >= 15 is 0 Å². The fourth-order valence-electron chi connectivity index (χ4n) is 1.71. The van der Waals surface area contributed by atoms with Crippen molar-refractivity contribution in [2.24, 2.45) is 0 Å². The SMILES string of the molecule is Cc1cc(C)nc(SCC(=O)Nc2cc(Cl)cc(Cl)c2)n1. The van der Waals surface area contributed by atoms with Crippen molar-refractivity contribution in [3.05, 3.63) is 45.7 Å². The Hall–Kier alpha value is -1.30. The average Bonchev–Trinajstić information content (AvgIpc) is 2.34. The number of nitrogens with one attached hydrogen (secondary N) is 1. The minimum absolute atomic E-state index is 0.166. The van der Waals surface area contributed by atoms with Crippen molar-refractivity contribution in [2.75, 3.05) is 11.1 Å². The number of thioether (sulfide) groups is 1. The summed E-state index contributed by atoms with van der Waals surface area (Å²) < 4.78 is 0. The Balaban J connectivity index is 1.95. The van der Waals surface area contributed by atoms with Gasteiger partial charge < -0.3 is 5.32 Å². The summed E-state index contributed by atoms with van der Waals surface area (Å²) in [5.74, 6) is 0.0496. The highest BCUT2D eigenvalue weighted by atomic mass is 35.5. The summed E-state index contributed by atoms with van der Waals surface area (Å²) in [6.07, 6.45) is 0.